The summed E-state index contributed by atoms with van der Waals surface area (Å²) in [4.78, 5) is 0. The summed E-state index contributed by atoms with van der Waals surface area (Å²) >= 11 is 0. The Balaban J connectivity index is 2.54. The highest BCUT2D eigenvalue weighted by atomic mass is 16.5. The predicted octanol–water partition coefficient (Wildman–Crippen LogP) is -0.0268. The number of guanidine groups is 1. The van der Waals surface area contributed by atoms with Gasteiger partial charge in [-0.05, 0) is 17.7 Å². The largest absolute Gasteiger partial charge is 0.497 e. The third kappa shape index (κ3) is 3.22. The third-order valence-corrected chi connectivity index (χ3v) is 1.63. The highest BCUT2D eigenvalue weighted by Crippen LogP contribution is 2.11. The molecule has 5 nitrogen and oxygen atoms in total. The molecule has 5 heteroatoms. The highest BCUT2D eigenvalue weighted by Gasteiger charge is 1.94. The van der Waals surface area contributed by atoms with Gasteiger partial charge in [0, 0.05) is 0 Å². The summed E-state index contributed by atoms with van der Waals surface area (Å²) in [5, 5.41) is 3.66. The van der Waals surface area contributed by atoms with Crippen molar-refractivity contribution in [3.05, 3.63) is 29.8 Å². The molecule has 0 aliphatic rings. The lowest BCUT2D eigenvalue weighted by atomic mass is 10.2. The van der Waals surface area contributed by atoms with Crippen molar-refractivity contribution in [1.82, 2.24) is 5.43 Å². The Morgan fingerprint density at radius 2 is 2.29 bits per heavy atom. The molecule has 0 amide bonds. The van der Waals surface area contributed by atoms with Gasteiger partial charge in [0.2, 0.25) is 5.96 Å². The molecule has 0 unspecified atom stereocenters. The molecule has 1 aromatic rings. The van der Waals surface area contributed by atoms with E-state index in [1.807, 2.05) is 24.3 Å². The average molecular weight is 194 g/mol. The van der Waals surface area contributed by atoms with Crippen LogP contribution in [0.2, 0.25) is 0 Å². The monoisotopic (exact) mass is 194 g/mol. The van der Waals surface area contributed by atoms with Crippen LogP contribution in [0.4, 0.5) is 0 Å². The molecule has 0 aliphatic heterocycles. The minimum atomic E-state index is 0.0212. The first-order valence-electron chi connectivity index (χ1n) is 4.17. The zero-order valence-electron chi connectivity index (χ0n) is 8.03. The maximum absolute atomic E-state index is 5.15. The second kappa shape index (κ2) is 4.96. The SMILES string of the molecule is COc1cccc(CNN=C(N)N)c1. The first kappa shape index (κ1) is 10.2. The van der Waals surface area contributed by atoms with Crippen LogP contribution in [0.5, 0.6) is 5.75 Å². The fraction of sp³-hybridized carbons (Fsp3) is 0.222. The standard InChI is InChI=1S/C9H14N4O/c1-14-8-4-2-3-7(5-8)6-12-13-9(10)11/h2-5,12H,6H2,1H3,(H4,10,11,13). The first-order chi connectivity index (χ1) is 6.72. The molecular weight excluding hydrogens is 180 g/mol. The van der Waals surface area contributed by atoms with Crippen molar-refractivity contribution in [2.45, 2.75) is 6.54 Å². The smallest absolute Gasteiger partial charge is 0.208 e. The summed E-state index contributed by atoms with van der Waals surface area (Å²) < 4.78 is 5.07. The topological polar surface area (TPSA) is 85.7 Å². The van der Waals surface area contributed by atoms with Crippen LogP contribution in [0.25, 0.3) is 0 Å². The summed E-state index contributed by atoms with van der Waals surface area (Å²) in [7, 11) is 1.63. The highest BCUT2D eigenvalue weighted by molar-refractivity contribution is 5.75. The number of ether oxygens (including phenoxy) is 1. The normalized spacial score (nSPS) is 9.21. The molecule has 5 N–H and O–H groups in total. The number of benzene rings is 1. The van der Waals surface area contributed by atoms with Gasteiger partial charge in [-0.15, -0.1) is 5.10 Å². The van der Waals surface area contributed by atoms with Crippen LogP contribution < -0.4 is 21.6 Å². The lowest BCUT2D eigenvalue weighted by Gasteiger charge is -2.03. The summed E-state index contributed by atoms with van der Waals surface area (Å²) in [5.74, 6) is 0.835. The second-order valence-electron chi connectivity index (χ2n) is 2.72. The molecule has 1 rings (SSSR count). The number of methoxy groups -OCH3 is 1. The van der Waals surface area contributed by atoms with E-state index in [4.69, 9.17) is 16.2 Å². The van der Waals surface area contributed by atoms with Gasteiger partial charge >= 0.3 is 0 Å². The Bertz CT molecular complexity index is 320. The fourth-order valence-electron chi connectivity index (χ4n) is 1.00. The fourth-order valence-corrected chi connectivity index (χ4v) is 1.00. The number of hydrogen-bond acceptors (Lipinski definition) is 3. The molecule has 0 fully saturated rings. The Hall–Kier alpha value is -1.91. The number of nitrogens with zero attached hydrogens (tertiary/aromatic N) is 1. The minimum absolute atomic E-state index is 0.0212. The van der Waals surface area contributed by atoms with Gasteiger partial charge in [-0.3, -0.25) is 0 Å². The summed E-state index contributed by atoms with van der Waals surface area (Å²) in [6.45, 7) is 0.565. The number of nitrogens with two attached hydrogens (primary N) is 2. The lowest BCUT2D eigenvalue weighted by Crippen LogP contribution is -2.26. The van der Waals surface area contributed by atoms with Crippen molar-refractivity contribution in [2.24, 2.45) is 16.6 Å². The molecule has 0 aliphatic carbocycles. The van der Waals surface area contributed by atoms with Gasteiger partial charge in [0.25, 0.3) is 0 Å². The van der Waals surface area contributed by atoms with Gasteiger partial charge < -0.3 is 21.6 Å². The molecule has 1 aromatic carbocycles. The molecule has 0 spiro atoms. The van der Waals surface area contributed by atoms with E-state index in [1.165, 1.54) is 0 Å². The van der Waals surface area contributed by atoms with Crippen LogP contribution in [0.3, 0.4) is 0 Å². The number of nitrogens with one attached hydrogen (secondary N) is 1. The summed E-state index contributed by atoms with van der Waals surface area (Å²) in [5.41, 5.74) is 14.1. The molecule has 14 heavy (non-hydrogen) atoms. The maximum Gasteiger partial charge on any atom is 0.208 e. The van der Waals surface area contributed by atoms with Crippen LogP contribution in [-0.2, 0) is 6.54 Å². The van der Waals surface area contributed by atoms with E-state index < -0.39 is 0 Å². The van der Waals surface area contributed by atoms with Crippen molar-refractivity contribution >= 4 is 5.96 Å². The molecule has 0 saturated heterocycles. The quantitative estimate of drug-likeness (QED) is 0.357. The zero-order valence-corrected chi connectivity index (χ0v) is 8.03. The van der Waals surface area contributed by atoms with Gasteiger partial charge in [0.1, 0.15) is 5.75 Å². The van der Waals surface area contributed by atoms with Crippen LogP contribution >= 0.6 is 0 Å². The molecule has 76 valence electrons. The van der Waals surface area contributed by atoms with E-state index in [-0.39, 0.29) is 5.96 Å². The average Bonchev–Trinajstić information content (AvgIpc) is 2.18. The van der Waals surface area contributed by atoms with Gasteiger partial charge in [0.05, 0.1) is 13.7 Å². The van der Waals surface area contributed by atoms with Crippen molar-refractivity contribution in [3.63, 3.8) is 0 Å². The van der Waals surface area contributed by atoms with E-state index in [9.17, 15) is 0 Å². The van der Waals surface area contributed by atoms with Gasteiger partial charge in [0.15, 0.2) is 0 Å². The lowest BCUT2D eigenvalue weighted by molar-refractivity contribution is 0.414. The van der Waals surface area contributed by atoms with Crippen LogP contribution in [-0.4, -0.2) is 13.1 Å². The molecule has 0 radical (unpaired) electrons. The van der Waals surface area contributed by atoms with Crippen molar-refractivity contribution < 1.29 is 4.74 Å². The van der Waals surface area contributed by atoms with Gasteiger partial charge in [-0.2, -0.15) is 0 Å². The van der Waals surface area contributed by atoms with Gasteiger partial charge in [-0.25, -0.2) is 0 Å². The molecule has 0 bridgehead atoms. The van der Waals surface area contributed by atoms with Crippen molar-refractivity contribution in [1.29, 1.82) is 0 Å². The Labute approximate surface area is 82.7 Å². The van der Waals surface area contributed by atoms with Crippen LogP contribution in [0.15, 0.2) is 29.4 Å². The first-order valence-corrected chi connectivity index (χ1v) is 4.17. The molecular formula is C9H14N4O. The number of hydrazone groups is 1. The van der Waals surface area contributed by atoms with E-state index in [1.54, 1.807) is 7.11 Å². The van der Waals surface area contributed by atoms with Crippen molar-refractivity contribution in [3.8, 4) is 5.75 Å². The Kier molecular flexibility index (Phi) is 3.60. The summed E-state index contributed by atoms with van der Waals surface area (Å²) in [6.07, 6.45) is 0. The zero-order chi connectivity index (χ0) is 10.4. The number of hydrogen-bond donors (Lipinski definition) is 3. The molecule has 0 aromatic heterocycles. The van der Waals surface area contributed by atoms with Gasteiger partial charge in [-0.1, -0.05) is 12.1 Å². The second-order valence-corrected chi connectivity index (χ2v) is 2.72. The predicted molar refractivity (Wildman–Crippen MR) is 55.6 cm³/mol. The Morgan fingerprint density at radius 3 is 2.93 bits per heavy atom. The Morgan fingerprint density at radius 1 is 1.50 bits per heavy atom. The molecule has 0 heterocycles. The van der Waals surface area contributed by atoms with Crippen LogP contribution in [0.1, 0.15) is 5.56 Å². The van der Waals surface area contributed by atoms with Crippen molar-refractivity contribution in [2.75, 3.05) is 7.11 Å². The van der Waals surface area contributed by atoms with E-state index in [0.29, 0.717) is 6.54 Å². The molecule has 0 saturated carbocycles. The summed E-state index contributed by atoms with van der Waals surface area (Å²) in [6, 6.07) is 7.66. The van der Waals surface area contributed by atoms with E-state index >= 15 is 0 Å². The van der Waals surface area contributed by atoms with E-state index in [2.05, 4.69) is 10.5 Å². The number of rotatable bonds is 4. The third-order valence-electron chi connectivity index (χ3n) is 1.63. The van der Waals surface area contributed by atoms with E-state index in [0.717, 1.165) is 11.3 Å². The maximum atomic E-state index is 5.15. The minimum Gasteiger partial charge on any atom is -0.497 e. The van der Waals surface area contributed by atoms with Crippen LogP contribution in [0, 0.1) is 0 Å². The molecule has 0 atom stereocenters.